The molecule has 1 saturated heterocycles. The van der Waals surface area contributed by atoms with Gasteiger partial charge in [0.25, 0.3) is 0 Å². The van der Waals surface area contributed by atoms with Crippen LogP contribution in [0.2, 0.25) is 5.02 Å². The van der Waals surface area contributed by atoms with E-state index in [9.17, 15) is 5.11 Å². The van der Waals surface area contributed by atoms with Crippen molar-refractivity contribution in [2.24, 2.45) is 0 Å². The Hall–Kier alpha value is -1.39. The van der Waals surface area contributed by atoms with Crippen molar-refractivity contribution in [3.05, 3.63) is 59.1 Å². The Kier molecular flexibility index (Phi) is 5.68. The average Bonchev–Trinajstić information content (AvgIpc) is 2.58. The van der Waals surface area contributed by atoms with Gasteiger partial charge in [0.1, 0.15) is 0 Å². The Bertz CT molecular complexity index is 622. The van der Waals surface area contributed by atoms with Crippen molar-refractivity contribution < 1.29 is 5.11 Å². The average molecular weight is 330 g/mol. The maximum atomic E-state index is 10.7. The van der Waals surface area contributed by atoms with E-state index in [1.807, 2.05) is 12.1 Å². The van der Waals surface area contributed by atoms with Crippen molar-refractivity contribution in [2.75, 3.05) is 39.3 Å². The van der Waals surface area contributed by atoms with E-state index in [0.29, 0.717) is 6.54 Å². The van der Waals surface area contributed by atoms with Crippen LogP contribution in [-0.2, 0) is 11.7 Å². The summed E-state index contributed by atoms with van der Waals surface area (Å²) in [5.41, 5.74) is 3.81. The molecule has 2 aromatic carbocycles. The fraction of sp³-hybridized carbons (Fsp3) is 0.368. The summed E-state index contributed by atoms with van der Waals surface area (Å²) in [4.78, 5) is 4.73. The van der Waals surface area contributed by atoms with Crippen molar-refractivity contribution in [3.8, 4) is 11.1 Å². The molecule has 0 aromatic heterocycles. The minimum atomic E-state index is -0.000595. The number of nitrogens with zero attached hydrogens (tertiary/aromatic N) is 2. The highest BCUT2D eigenvalue weighted by molar-refractivity contribution is 6.30. The van der Waals surface area contributed by atoms with Gasteiger partial charge in [-0.25, -0.2) is 5.11 Å². The standard InChI is InChI=1S/C19H22ClN2O/c20-18-7-5-16(6-8-18)19-4-2-1-3-17(19)15-22-11-9-21(10-12-22)13-14-23/h1-8H,9-15H2. The van der Waals surface area contributed by atoms with Crippen LogP contribution in [0.1, 0.15) is 5.56 Å². The fourth-order valence-corrected chi connectivity index (χ4v) is 3.24. The van der Waals surface area contributed by atoms with E-state index in [1.54, 1.807) is 0 Å². The Morgan fingerprint density at radius 3 is 2.22 bits per heavy atom. The maximum Gasteiger partial charge on any atom is 0.0949 e. The predicted octanol–water partition coefficient (Wildman–Crippen LogP) is 3.56. The molecule has 0 N–H and O–H groups in total. The SMILES string of the molecule is [O]CCN1CCN(Cc2ccccc2-c2ccc(Cl)cc2)CC1. The third kappa shape index (κ3) is 4.33. The zero-order valence-electron chi connectivity index (χ0n) is 13.2. The lowest BCUT2D eigenvalue weighted by Crippen LogP contribution is -2.46. The lowest BCUT2D eigenvalue weighted by Gasteiger charge is -2.34. The van der Waals surface area contributed by atoms with Gasteiger partial charge >= 0.3 is 0 Å². The molecule has 0 atom stereocenters. The number of hydrogen-bond acceptors (Lipinski definition) is 2. The first-order valence-corrected chi connectivity index (χ1v) is 8.51. The molecule has 0 amide bonds. The van der Waals surface area contributed by atoms with Crippen molar-refractivity contribution in [2.45, 2.75) is 6.54 Å². The second-order valence-electron chi connectivity index (χ2n) is 5.99. The first-order valence-electron chi connectivity index (χ1n) is 8.13. The molecule has 3 rings (SSSR count). The number of piperazine rings is 1. The van der Waals surface area contributed by atoms with Crippen molar-refractivity contribution >= 4 is 11.6 Å². The van der Waals surface area contributed by atoms with Crippen LogP contribution in [0.25, 0.3) is 11.1 Å². The minimum Gasteiger partial charge on any atom is -0.298 e. The highest BCUT2D eigenvalue weighted by Crippen LogP contribution is 2.26. The number of halogens is 1. The van der Waals surface area contributed by atoms with Gasteiger partial charge in [-0.3, -0.25) is 9.80 Å². The van der Waals surface area contributed by atoms with Crippen molar-refractivity contribution in [1.29, 1.82) is 0 Å². The Labute approximate surface area is 143 Å². The minimum absolute atomic E-state index is 0.000595. The highest BCUT2D eigenvalue weighted by atomic mass is 35.5. The number of benzene rings is 2. The van der Waals surface area contributed by atoms with Crippen LogP contribution in [0.15, 0.2) is 48.5 Å². The molecule has 0 bridgehead atoms. The van der Waals surface area contributed by atoms with Crippen LogP contribution >= 0.6 is 11.6 Å². The quantitative estimate of drug-likeness (QED) is 0.838. The molecule has 1 fully saturated rings. The molecule has 1 heterocycles. The van der Waals surface area contributed by atoms with Crippen molar-refractivity contribution in [3.63, 3.8) is 0 Å². The Morgan fingerprint density at radius 2 is 1.52 bits per heavy atom. The first kappa shape index (κ1) is 16.5. The lowest BCUT2D eigenvalue weighted by molar-refractivity contribution is 0.0894. The Balaban J connectivity index is 1.70. The van der Waals surface area contributed by atoms with E-state index in [-0.39, 0.29) is 6.61 Å². The van der Waals surface area contributed by atoms with Crippen LogP contribution < -0.4 is 0 Å². The second-order valence-corrected chi connectivity index (χ2v) is 6.42. The summed E-state index contributed by atoms with van der Waals surface area (Å²) in [5, 5.41) is 11.5. The van der Waals surface area contributed by atoms with Crippen LogP contribution in [-0.4, -0.2) is 49.1 Å². The molecule has 0 aliphatic carbocycles. The molecule has 4 heteroatoms. The highest BCUT2D eigenvalue weighted by Gasteiger charge is 2.17. The normalized spacial score (nSPS) is 16.6. The summed E-state index contributed by atoms with van der Waals surface area (Å²) in [6.07, 6.45) is 0. The van der Waals surface area contributed by atoms with Gasteiger partial charge in [-0.05, 0) is 28.8 Å². The van der Waals surface area contributed by atoms with E-state index >= 15 is 0 Å². The van der Waals surface area contributed by atoms with E-state index in [4.69, 9.17) is 11.6 Å². The van der Waals surface area contributed by atoms with E-state index < -0.39 is 0 Å². The summed E-state index contributed by atoms with van der Waals surface area (Å²) in [6.45, 7) is 5.65. The third-order valence-corrected chi connectivity index (χ3v) is 4.69. The summed E-state index contributed by atoms with van der Waals surface area (Å²) < 4.78 is 0. The zero-order chi connectivity index (χ0) is 16.1. The summed E-state index contributed by atoms with van der Waals surface area (Å²) in [6, 6.07) is 16.6. The number of hydrogen-bond donors (Lipinski definition) is 0. The van der Waals surface area contributed by atoms with Gasteiger partial charge in [-0.15, -0.1) is 0 Å². The molecule has 23 heavy (non-hydrogen) atoms. The number of rotatable bonds is 5. The topological polar surface area (TPSA) is 26.4 Å². The van der Waals surface area contributed by atoms with Gasteiger partial charge in [0.05, 0.1) is 6.61 Å². The molecule has 0 spiro atoms. The smallest absolute Gasteiger partial charge is 0.0949 e. The monoisotopic (exact) mass is 329 g/mol. The molecule has 0 saturated carbocycles. The third-order valence-electron chi connectivity index (χ3n) is 4.44. The maximum absolute atomic E-state index is 10.7. The molecular formula is C19H22ClN2O. The van der Waals surface area contributed by atoms with Gasteiger partial charge in [-0.2, -0.15) is 0 Å². The Morgan fingerprint density at radius 1 is 0.870 bits per heavy atom. The molecule has 121 valence electrons. The van der Waals surface area contributed by atoms with E-state index in [0.717, 1.165) is 37.7 Å². The molecule has 2 aromatic rings. The van der Waals surface area contributed by atoms with Gasteiger partial charge in [-0.1, -0.05) is 48.0 Å². The van der Waals surface area contributed by atoms with Gasteiger partial charge in [0.2, 0.25) is 0 Å². The fourth-order valence-electron chi connectivity index (χ4n) is 3.11. The van der Waals surface area contributed by atoms with Crippen LogP contribution in [0, 0.1) is 0 Å². The van der Waals surface area contributed by atoms with Gasteiger partial charge < -0.3 is 0 Å². The summed E-state index contributed by atoms with van der Waals surface area (Å²) in [5.74, 6) is 0. The van der Waals surface area contributed by atoms with E-state index in [2.05, 4.69) is 46.2 Å². The first-order chi connectivity index (χ1) is 11.3. The molecule has 1 aliphatic heterocycles. The van der Waals surface area contributed by atoms with Crippen LogP contribution in [0.3, 0.4) is 0 Å². The summed E-state index contributed by atoms with van der Waals surface area (Å²) >= 11 is 6.00. The molecule has 1 radical (unpaired) electrons. The molecule has 1 aliphatic rings. The zero-order valence-corrected chi connectivity index (χ0v) is 14.0. The second kappa shape index (κ2) is 7.93. The van der Waals surface area contributed by atoms with Gasteiger partial charge in [0, 0.05) is 44.3 Å². The summed E-state index contributed by atoms with van der Waals surface area (Å²) in [7, 11) is 0. The van der Waals surface area contributed by atoms with Gasteiger partial charge in [0.15, 0.2) is 0 Å². The van der Waals surface area contributed by atoms with Crippen LogP contribution in [0.5, 0.6) is 0 Å². The molecule has 3 nitrogen and oxygen atoms in total. The van der Waals surface area contributed by atoms with Crippen LogP contribution in [0.4, 0.5) is 0 Å². The molecular weight excluding hydrogens is 308 g/mol. The molecule has 0 unspecified atom stereocenters. The van der Waals surface area contributed by atoms with Crippen molar-refractivity contribution in [1.82, 2.24) is 9.80 Å². The lowest BCUT2D eigenvalue weighted by atomic mass is 9.99. The van der Waals surface area contributed by atoms with E-state index in [1.165, 1.54) is 16.7 Å². The predicted molar refractivity (Wildman–Crippen MR) is 94.2 cm³/mol. The largest absolute Gasteiger partial charge is 0.298 e.